The van der Waals surface area contributed by atoms with Crippen molar-refractivity contribution < 1.29 is 22.7 Å². The van der Waals surface area contributed by atoms with E-state index in [0.717, 1.165) is 0 Å². The standard InChI is InChI=1S/C20H19F3N2O3S/c1-25-15-8-3-2-7-14(15)24-17(18(25)26)13(12-20(21,22)23)6-4-10-28-19(27)16-9-5-11-29-16/h2-3,5,7-9,11,13H,4,6,10,12H2,1H3. The van der Waals surface area contributed by atoms with Crippen molar-refractivity contribution in [3.05, 3.63) is 62.7 Å². The first-order valence-electron chi connectivity index (χ1n) is 8.99. The van der Waals surface area contributed by atoms with Gasteiger partial charge in [0.2, 0.25) is 0 Å². The number of hydrogen-bond acceptors (Lipinski definition) is 5. The zero-order valence-corrected chi connectivity index (χ0v) is 16.4. The molecule has 0 amide bonds. The number of fused-ring (bicyclic) bond motifs is 1. The van der Waals surface area contributed by atoms with Crippen molar-refractivity contribution >= 4 is 28.3 Å². The highest BCUT2D eigenvalue weighted by molar-refractivity contribution is 7.11. The number of para-hydroxylation sites is 2. The Balaban J connectivity index is 1.77. The van der Waals surface area contributed by atoms with Crippen molar-refractivity contribution in [3.8, 4) is 0 Å². The maximum absolute atomic E-state index is 13.1. The number of ether oxygens (including phenoxy) is 1. The van der Waals surface area contributed by atoms with Crippen LogP contribution in [0.3, 0.4) is 0 Å². The van der Waals surface area contributed by atoms with Crippen molar-refractivity contribution in [1.82, 2.24) is 9.55 Å². The molecule has 0 radical (unpaired) electrons. The number of alkyl halides is 3. The monoisotopic (exact) mass is 424 g/mol. The van der Waals surface area contributed by atoms with Crippen LogP contribution in [0, 0.1) is 0 Å². The number of halogens is 3. The van der Waals surface area contributed by atoms with Crippen molar-refractivity contribution in [2.75, 3.05) is 6.61 Å². The van der Waals surface area contributed by atoms with Gasteiger partial charge in [-0.05, 0) is 36.4 Å². The predicted molar refractivity (Wildman–Crippen MR) is 104 cm³/mol. The minimum absolute atomic E-state index is 0.0256. The molecule has 0 saturated heterocycles. The highest BCUT2D eigenvalue weighted by Crippen LogP contribution is 2.33. The zero-order valence-electron chi connectivity index (χ0n) is 15.6. The SMILES string of the molecule is Cn1c(=O)c(C(CCCOC(=O)c2cccs2)CC(F)(F)F)nc2ccccc21. The van der Waals surface area contributed by atoms with Gasteiger partial charge in [0, 0.05) is 13.0 Å². The third-order valence-corrected chi connectivity index (χ3v) is 5.37. The smallest absolute Gasteiger partial charge is 0.389 e. The Kier molecular flexibility index (Phi) is 6.36. The Hall–Kier alpha value is -2.68. The van der Waals surface area contributed by atoms with Crippen LogP contribution in [0.25, 0.3) is 11.0 Å². The fourth-order valence-electron chi connectivity index (χ4n) is 3.14. The van der Waals surface area contributed by atoms with Gasteiger partial charge in [0.15, 0.2) is 0 Å². The van der Waals surface area contributed by atoms with E-state index in [1.165, 1.54) is 23.0 Å². The first-order chi connectivity index (χ1) is 13.8. The molecule has 0 N–H and O–H groups in total. The van der Waals surface area contributed by atoms with Crippen molar-refractivity contribution in [2.24, 2.45) is 7.05 Å². The number of benzene rings is 1. The number of nitrogens with zero attached hydrogens (tertiary/aromatic N) is 2. The lowest BCUT2D eigenvalue weighted by Gasteiger charge is -2.19. The fraction of sp³-hybridized carbons (Fsp3) is 0.350. The van der Waals surface area contributed by atoms with Gasteiger partial charge in [-0.15, -0.1) is 11.3 Å². The van der Waals surface area contributed by atoms with Crippen LogP contribution in [-0.2, 0) is 11.8 Å². The average Bonchev–Trinajstić information content (AvgIpc) is 3.21. The van der Waals surface area contributed by atoms with E-state index >= 15 is 0 Å². The van der Waals surface area contributed by atoms with E-state index in [2.05, 4.69) is 4.98 Å². The molecular formula is C20H19F3N2O3S. The highest BCUT2D eigenvalue weighted by atomic mass is 32.1. The number of rotatable bonds is 7. The van der Waals surface area contributed by atoms with Crippen LogP contribution in [0.1, 0.15) is 40.5 Å². The summed E-state index contributed by atoms with van der Waals surface area (Å²) < 4.78 is 45.9. The molecule has 0 aliphatic rings. The number of hydrogen-bond donors (Lipinski definition) is 0. The molecule has 0 saturated carbocycles. The van der Waals surface area contributed by atoms with Crippen LogP contribution in [0.2, 0.25) is 0 Å². The van der Waals surface area contributed by atoms with E-state index < -0.39 is 30.0 Å². The minimum Gasteiger partial charge on any atom is -0.462 e. The number of aryl methyl sites for hydroxylation is 1. The summed E-state index contributed by atoms with van der Waals surface area (Å²) in [7, 11) is 1.52. The Morgan fingerprint density at radius 1 is 1.24 bits per heavy atom. The Morgan fingerprint density at radius 2 is 2.00 bits per heavy atom. The largest absolute Gasteiger partial charge is 0.462 e. The molecule has 29 heavy (non-hydrogen) atoms. The van der Waals surface area contributed by atoms with Crippen molar-refractivity contribution in [3.63, 3.8) is 0 Å². The number of thiophene rings is 1. The van der Waals surface area contributed by atoms with E-state index in [1.54, 1.807) is 41.8 Å². The molecule has 0 fully saturated rings. The van der Waals surface area contributed by atoms with Crippen LogP contribution >= 0.6 is 11.3 Å². The number of carbonyl (C=O) groups excluding carboxylic acids is 1. The molecule has 0 spiro atoms. The number of carbonyl (C=O) groups is 1. The molecule has 1 atom stereocenters. The summed E-state index contributed by atoms with van der Waals surface area (Å²) in [5, 5.41) is 1.73. The van der Waals surface area contributed by atoms with Gasteiger partial charge in [-0.2, -0.15) is 13.2 Å². The third-order valence-electron chi connectivity index (χ3n) is 4.52. The second kappa shape index (κ2) is 8.77. The molecule has 3 aromatic rings. The van der Waals surface area contributed by atoms with Crippen LogP contribution in [0.15, 0.2) is 46.6 Å². The molecule has 9 heteroatoms. The molecule has 1 unspecified atom stereocenters. The molecule has 0 bridgehead atoms. The van der Waals surface area contributed by atoms with Gasteiger partial charge < -0.3 is 9.30 Å². The normalized spacial score (nSPS) is 12.8. The van der Waals surface area contributed by atoms with E-state index in [1.807, 2.05) is 0 Å². The summed E-state index contributed by atoms with van der Waals surface area (Å²) in [6, 6.07) is 10.1. The zero-order chi connectivity index (χ0) is 21.0. The Morgan fingerprint density at radius 3 is 2.69 bits per heavy atom. The van der Waals surface area contributed by atoms with Crippen LogP contribution in [-0.4, -0.2) is 28.3 Å². The van der Waals surface area contributed by atoms with Gasteiger partial charge in [0.1, 0.15) is 10.6 Å². The van der Waals surface area contributed by atoms with E-state index in [4.69, 9.17) is 4.74 Å². The second-order valence-electron chi connectivity index (χ2n) is 6.62. The maximum Gasteiger partial charge on any atom is 0.389 e. The Labute approximate surface area is 168 Å². The summed E-state index contributed by atoms with van der Waals surface area (Å²) >= 11 is 1.23. The van der Waals surface area contributed by atoms with Gasteiger partial charge in [-0.3, -0.25) is 4.79 Å². The molecule has 2 heterocycles. The van der Waals surface area contributed by atoms with Gasteiger partial charge in [-0.25, -0.2) is 9.78 Å². The number of esters is 1. The molecule has 0 aliphatic carbocycles. The minimum atomic E-state index is -4.45. The van der Waals surface area contributed by atoms with Crippen molar-refractivity contribution in [1.29, 1.82) is 0 Å². The van der Waals surface area contributed by atoms with Gasteiger partial charge in [0.25, 0.3) is 5.56 Å². The first-order valence-corrected chi connectivity index (χ1v) is 9.87. The molecule has 3 rings (SSSR count). The topological polar surface area (TPSA) is 61.2 Å². The third kappa shape index (κ3) is 5.23. The summed E-state index contributed by atoms with van der Waals surface area (Å²) in [6.45, 7) is -0.0288. The highest BCUT2D eigenvalue weighted by Gasteiger charge is 2.34. The van der Waals surface area contributed by atoms with Gasteiger partial charge in [0.05, 0.1) is 24.1 Å². The summed E-state index contributed by atoms with van der Waals surface area (Å²) in [4.78, 5) is 29.2. The van der Waals surface area contributed by atoms with Gasteiger partial charge >= 0.3 is 12.1 Å². The lowest BCUT2D eigenvalue weighted by molar-refractivity contribution is -0.139. The lowest BCUT2D eigenvalue weighted by Crippen LogP contribution is -2.28. The summed E-state index contributed by atoms with van der Waals surface area (Å²) in [5.41, 5.74) is 0.347. The van der Waals surface area contributed by atoms with Crippen LogP contribution in [0.5, 0.6) is 0 Å². The van der Waals surface area contributed by atoms with E-state index in [9.17, 15) is 22.8 Å². The lowest BCUT2D eigenvalue weighted by atomic mass is 9.95. The van der Waals surface area contributed by atoms with E-state index in [-0.39, 0.29) is 25.1 Å². The molecule has 2 aromatic heterocycles. The van der Waals surface area contributed by atoms with Crippen LogP contribution < -0.4 is 5.56 Å². The quantitative estimate of drug-likeness (QED) is 0.409. The summed E-state index contributed by atoms with van der Waals surface area (Å²) in [5.74, 6) is -1.62. The predicted octanol–water partition coefficient (Wildman–Crippen LogP) is 4.67. The van der Waals surface area contributed by atoms with Crippen molar-refractivity contribution in [2.45, 2.75) is 31.4 Å². The van der Waals surface area contributed by atoms with Gasteiger partial charge in [-0.1, -0.05) is 18.2 Å². The van der Waals surface area contributed by atoms with Crippen LogP contribution in [0.4, 0.5) is 13.2 Å². The molecule has 5 nitrogen and oxygen atoms in total. The molecule has 154 valence electrons. The maximum atomic E-state index is 13.1. The molecule has 1 aromatic carbocycles. The van der Waals surface area contributed by atoms with E-state index in [0.29, 0.717) is 15.9 Å². The first kappa shape index (κ1) is 21.0. The fourth-order valence-corrected chi connectivity index (χ4v) is 3.76. The Bertz CT molecular complexity index is 1050. The average molecular weight is 424 g/mol. The second-order valence-corrected chi connectivity index (χ2v) is 7.57. The molecule has 0 aliphatic heterocycles. The number of aromatic nitrogens is 2. The summed E-state index contributed by atoms with van der Waals surface area (Å²) in [6.07, 6.45) is -5.39. The molecular weight excluding hydrogens is 405 g/mol.